The Bertz CT molecular complexity index is 533. The minimum absolute atomic E-state index is 0.470. The minimum atomic E-state index is 0.470. The summed E-state index contributed by atoms with van der Waals surface area (Å²) in [4.78, 5) is 0. The van der Waals surface area contributed by atoms with Gasteiger partial charge in [-0.05, 0) is 37.1 Å². The lowest BCUT2D eigenvalue weighted by Gasteiger charge is -2.15. The summed E-state index contributed by atoms with van der Waals surface area (Å²) in [6, 6.07) is 10.2. The molecule has 1 atom stereocenters. The second kappa shape index (κ2) is 7.15. The van der Waals surface area contributed by atoms with E-state index in [0.717, 1.165) is 30.0 Å². The highest BCUT2D eigenvalue weighted by Gasteiger charge is 2.11. The van der Waals surface area contributed by atoms with Crippen molar-refractivity contribution in [1.82, 2.24) is 5.32 Å². The van der Waals surface area contributed by atoms with Crippen LogP contribution >= 0.6 is 0 Å². The van der Waals surface area contributed by atoms with Crippen molar-refractivity contribution in [2.75, 3.05) is 7.05 Å². The molecule has 1 N–H and O–H groups in total. The van der Waals surface area contributed by atoms with Gasteiger partial charge in [0.15, 0.2) is 0 Å². The van der Waals surface area contributed by atoms with E-state index in [-0.39, 0.29) is 0 Å². The van der Waals surface area contributed by atoms with Crippen LogP contribution in [0, 0.1) is 0 Å². The van der Waals surface area contributed by atoms with E-state index in [0.29, 0.717) is 12.5 Å². The molecule has 0 fully saturated rings. The fourth-order valence-electron chi connectivity index (χ4n) is 2.22. The SMILES string of the molecule is CCC(C)c1ccccc1OCc1occc1CNC. The van der Waals surface area contributed by atoms with Gasteiger partial charge in [-0.25, -0.2) is 0 Å². The van der Waals surface area contributed by atoms with E-state index in [1.807, 2.05) is 25.2 Å². The second-order valence-electron chi connectivity index (χ2n) is 5.04. The predicted molar refractivity (Wildman–Crippen MR) is 81.0 cm³/mol. The number of ether oxygens (including phenoxy) is 1. The number of furan rings is 1. The molecule has 1 unspecified atom stereocenters. The molecule has 0 saturated carbocycles. The zero-order valence-electron chi connectivity index (χ0n) is 12.5. The van der Waals surface area contributed by atoms with Gasteiger partial charge in [-0.2, -0.15) is 0 Å². The quantitative estimate of drug-likeness (QED) is 0.825. The van der Waals surface area contributed by atoms with Crippen molar-refractivity contribution in [2.24, 2.45) is 0 Å². The van der Waals surface area contributed by atoms with Crippen LogP contribution in [-0.4, -0.2) is 7.05 Å². The van der Waals surface area contributed by atoms with Crippen LogP contribution in [0.25, 0.3) is 0 Å². The van der Waals surface area contributed by atoms with Crippen molar-refractivity contribution in [2.45, 2.75) is 39.3 Å². The number of hydrogen-bond acceptors (Lipinski definition) is 3. The van der Waals surface area contributed by atoms with Gasteiger partial charge in [-0.15, -0.1) is 0 Å². The number of para-hydroxylation sites is 1. The predicted octanol–water partition coefficient (Wildman–Crippen LogP) is 4.09. The standard InChI is InChI=1S/C17H23NO2/c1-4-13(2)15-7-5-6-8-16(15)20-12-17-14(11-18-3)9-10-19-17/h5-10,13,18H,4,11-12H2,1-3H3. The first-order valence-corrected chi connectivity index (χ1v) is 7.17. The van der Waals surface area contributed by atoms with E-state index < -0.39 is 0 Å². The van der Waals surface area contributed by atoms with Crippen LogP contribution in [0.2, 0.25) is 0 Å². The first-order valence-electron chi connectivity index (χ1n) is 7.17. The lowest BCUT2D eigenvalue weighted by molar-refractivity contribution is 0.264. The van der Waals surface area contributed by atoms with E-state index in [1.54, 1.807) is 6.26 Å². The number of nitrogens with one attached hydrogen (secondary N) is 1. The summed E-state index contributed by atoms with van der Waals surface area (Å²) in [5, 5.41) is 3.13. The number of rotatable bonds is 7. The van der Waals surface area contributed by atoms with E-state index in [9.17, 15) is 0 Å². The van der Waals surface area contributed by atoms with E-state index >= 15 is 0 Å². The molecule has 0 aliphatic carbocycles. The summed E-state index contributed by atoms with van der Waals surface area (Å²) in [5.41, 5.74) is 2.41. The molecule has 0 amide bonds. The van der Waals surface area contributed by atoms with Crippen molar-refractivity contribution in [3.05, 3.63) is 53.5 Å². The van der Waals surface area contributed by atoms with Gasteiger partial charge in [0, 0.05) is 12.1 Å². The monoisotopic (exact) mass is 273 g/mol. The zero-order valence-corrected chi connectivity index (χ0v) is 12.5. The molecule has 20 heavy (non-hydrogen) atoms. The van der Waals surface area contributed by atoms with Gasteiger partial charge in [0.1, 0.15) is 18.1 Å². The zero-order chi connectivity index (χ0) is 14.4. The van der Waals surface area contributed by atoms with Gasteiger partial charge in [-0.3, -0.25) is 0 Å². The van der Waals surface area contributed by atoms with Gasteiger partial charge < -0.3 is 14.5 Å². The Balaban J connectivity index is 2.09. The van der Waals surface area contributed by atoms with Crippen molar-refractivity contribution in [3.63, 3.8) is 0 Å². The Labute approximate surface area is 121 Å². The highest BCUT2D eigenvalue weighted by molar-refractivity contribution is 5.36. The van der Waals surface area contributed by atoms with Gasteiger partial charge in [-0.1, -0.05) is 32.0 Å². The molecule has 0 saturated heterocycles. The lowest BCUT2D eigenvalue weighted by Crippen LogP contribution is -2.08. The summed E-state index contributed by atoms with van der Waals surface area (Å²) in [7, 11) is 1.93. The average Bonchev–Trinajstić information content (AvgIpc) is 2.92. The molecule has 0 spiro atoms. The Morgan fingerprint density at radius 2 is 2.05 bits per heavy atom. The molecule has 1 aromatic carbocycles. The molecule has 0 bridgehead atoms. The molecule has 1 aromatic heterocycles. The summed E-state index contributed by atoms with van der Waals surface area (Å²) < 4.78 is 11.5. The maximum atomic E-state index is 5.97. The molecule has 0 aliphatic heterocycles. The first kappa shape index (κ1) is 14.7. The highest BCUT2D eigenvalue weighted by atomic mass is 16.5. The maximum Gasteiger partial charge on any atom is 0.146 e. The number of benzene rings is 1. The Morgan fingerprint density at radius 3 is 2.80 bits per heavy atom. The summed E-state index contributed by atoms with van der Waals surface area (Å²) in [5.74, 6) is 2.34. The van der Waals surface area contributed by atoms with Crippen molar-refractivity contribution >= 4 is 0 Å². The molecule has 2 rings (SSSR count). The van der Waals surface area contributed by atoms with Crippen molar-refractivity contribution < 1.29 is 9.15 Å². The van der Waals surface area contributed by atoms with Crippen LogP contribution in [-0.2, 0) is 13.2 Å². The first-order chi connectivity index (χ1) is 9.76. The van der Waals surface area contributed by atoms with Gasteiger partial charge in [0.25, 0.3) is 0 Å². The largest absolute Gasteiger partial charge is 0.485 e. The highest BCUT2D eigenvalue weighted by Crippen LogP contribution is 2.29. The minimum Gasteiger partial charge on any atom is -0.485 e. The van der Waals surface area contributed by atoms with Crippen LogP contribution in [0.15, 0.2) is 41.0 Å². The summed E-state index contributed by atoms with van der Waals surface area (Å²) in [6.45, 7) is 5.68. The number of hydrogen-bond donors (Lipinski definition) is 1. The third kappa shape index (κ3) is 3.42. The topological polar surface area (TPSA) is 34.4 Å². The van der Waals surface area contributed by atoms with Crippen LogP contribution in [0.4, 0.5) is 0 Å². The molecule has 3 nitrogen and oxygen atoms in total. The Hall–Kier alpha value is -1.74. The van der Waals surface area contributed by atoms with Gasteiger partial charge >= 0.3 is 0 Å². The van der Waals surface area contributed by atoms with Crippen LogP contribution in [0.5, 0.6) is 5.75 Å². The van der Waals surface area contributed by atoms with Crippen LogP contribution in [0.3, 0.4) is 0 Å². The molecule has 0 aliphatic rings. The summed E-state index contributed by atoms with van der Waals surface area (Å²) in [6.07, 6.45) is 2.82. The molecule has 2 aromatic rings. The Kier molecular flexibility index (Phi) is 5.24. The van der Waals surface area contributed by atoms with Crippen LogP contribution in [0.1, 0.15) is 43.1 Å². The van der Waals surface area contributed by atoms with E-state index in [1.165, 1.54) is 5.56 Å². The van der Waals surface area contributed by atoms with Gasteiger partial charge in [0.05, 0.1) is 6.26 Å². The van der Waals surface area contributed by atoms with Crippen LogP contribution < -0.4 is 10.1 Å². The van der Waals surface area contributed by atoms with E-state index in [2.05, 4.69) is 31.3 Å². The smallest absolute Gasteiger partial charge is 0.146 e. The maximum absolute atomic E-state index is 5.97. The fourth-order valence-corrected chi connectivity index (χ4v) is 2.22. The Morgan fingerprint density at radius 1 is 1.25 bits per heavy atom. The molecule has 108 valence electrons. The lowest BCUT2D eigenvalue weighted by atomic mass is 9.98. The third-order valence-corrected chi connectivity index (χ3v) is 3.63. The van der Waals surface area contributed by atoms with Crippen molar-refractivity contribution in [1.29, 1.82) is 0 Å². The molecule has 3 heteroatoms. The normalized spacial score (nSPS) is 12.3. The fraction of sp³-hybridized carbons (Fsp3) is 0.412. The molecular weight excluding hydrogens is 250 g/mol. The summed E-state index contributed by atoms with van der Waals surface area (Å²) >= 11 is 0. The molecule has 0 radical (unpaired) electrons. The third-order valence-electron chi connectivity index (χ3n) is 3.63. The van der Waals surface area contributed by atoms with E-state index in [4.69, 9.17) is 9.15 Å². The van der Waals surface area contributed by atoms with Crippen molar-refractivity contribution in [3.8, 4) is 5.75 Å². The second-order valence-corrected chi connectivity index (χ2v) is 5.04. The molecule has 1 heterocycles. The molecular formula is C17H23NO2. The average molecular weight is 273 g/mol. The van der Waals surface area contributed by atoms with Gasteiger partial charge in [0.2, 0.25) is 0 Å².